The van der Waals surface area contributed by atoms with Crippen LogP contribution in [-0.4, -0.2) is 5.78 Å². The number of hydrogen-bond acceptors (Lipinski definition) is 2. The van der Waals surface area contributed by atoms with E-state index in [1.807, 2.05) is 18.4 Å². The Morgan fingerprint density at radius 3 is 2.69 bits per heavy atom. The molecular formula is C11H16OS. The largest absolute Gasteiger partial charge is 0.294 e. The highest BCUT2D eigenvalue weighted by Gasteiger charge is 2.09. The van der Waals surface area contributed by atoms with Crippen LogP contribution in [0.5, 0.6) is 0 Å². The van der Waals surface area contributed by atoms with Gasteiger partial charge in [-0.25, -0.2) is 0 Å². The fraction of sp³-hybridized carbons (Fsp3) is 0.545. The van der Waals surface area contributed by atoms with Gasteiger partial charge in [0.25, 0.3) is 0 Å². The first kappa shape index (κ1) is 10.5. The average Bonchev–Trinajstić information content (AvgIpc) is 2.47. The van der Waals surface area contributed by atoms with E-state index in [-0.39, 0.29) is 0 Å². The number of rotatable bonds is 4. The summed E-state index contributed by atoms with van der Waals surface area (Å²) in [6.45, 7) is 6.30. The quantitative estimate of drug-likeness (QED) is 0.671. The summed E-state index contributed by atoms with van der Waals surface area (Å²) in [5, 5.41) is 1.98. The fourth-order valence-corrected chi connectivity index (χ4v) is 1.95. The van der Waals surface area contributed by atoms with Crippen LogP contribution in [-0.2, 0) is 0 Å². The van der Waals surface area contributed by atoms with Crippen LogP contribution in [0.3, 0.4) is 0 Å². The number of hydrogen-bond donors (Lipinski definition) is 0. The first-order valence-electron chi connectivity index (χ1n) is 4.68. The zero-order valence-electron chi connectivity index (χ0n) is 8.46. The minimum atomic E-state index is 0.299. The molecule has 1 aromatic heterocycles. The molecule has 0 saturated heterocycles. The van der Waals surface area contributed by atoms with Crippen LogP contribution in [0.15, 0.2) is 11.4 Å². The molecule has 1 nitrogen and oxygen atoms in total. The van der Waals surface area contributed by atoms with Gasteiger partial charge in [-0.05, 0) is 30.7 Å². The van der Waals surface area contributed by atoms with E-state index in [0.29, 0.717) is 18.1 Å². The summed E-state index contributed by atoms with van der Waals surface area (Å²) in [5.74, 6) is 0.912. The second-order valence-corrected chi connectivity index (χ2v) is 4.87. The van der Waals surface area contributed by atoms with Crippen LogP contribution in [0, 0.1) is 12.8 Å². The molecule has 0 amide bonds. The van der Waals surface area contributed by atoms with Crippen LogP contribution in [0.25, 0.3) is 0 Å². The maximum absolute atomic E-state index is 11.6. The van der Waals surface area contributed by atoms with E-state index in [9.17, 15) is 4.79 Å². The summed E-state index contributed by atoms with van der Waals surface area (Å²) in [6.07, 6.45) is 1.68. The molecule has 0 saturated carbocycles. The highest BCUT2D eigenvalue weighted by atomic mass is 32.1. The number of ketones is 1. The van der Waals surface area contributed by atoms with Crippen molar-refractivity contribution >= 4 is 17.1 Å². The number of carbonyl (C=O) groups excluding carboxylic acids is 1. The third kappa shape index (κ3) is 2.96. The second kappa shape index (κ2) is 4.56. The number of aryl methyl sites for hydroxylation is 1. The molecule has 0 bridgehead atoms. The molecule has 0 N–H and O–H groups in total. The molecule has 2 heteroatoms. The van der Waals surface area contributed by atoms with E-state index in [0.717, 1.165) is 16.9 Å². The van der Waals surface area contributed by atoms with E-state index in [2.05, 4.69) is 13.8 Å². The normalized spacial score (nSPS) is 10.8. The van der Waals surface area contributed by atoms with Crippen molar-refractivity contribution in [3.63, 3.8) is 0 Å². The standard InChI is InChI=1S/C11H16OS/c1-8(2)4-5-11(12)10-6-7-13-9(10)3/h6-8H,4-5H2,1-3H3. The molecule has 0 spiro atoms. The highest BCUT2D eigenvalue weighted by molar-refractivity contribution is 7.10. The predicted octanol–water partition coefficient (Wildman–Crippen LogP) is 3.68. The molecule has 1 aromatic rings. The summed E-state index contributed by atoms with van der Waals surface area (Å²) in [7, 11) is 0. The van der Waals surface area contributed by atoms with Crippen molar-refractivity contribution in [1.29, 1.82) is 0 Å². The molecule has 1 heterocycles. The first-order chi connectivity index (χ1) is 6.11. The van der Waals surface area contributed by atoms with Crippen molar-refractivity contribution < 1.29 is 4.79 Å². The third-order valence-corrected chi connectivity index (χ3v) is 2.95. The predicted molar refractivity (Wildman–Crippen MR) is 57.5 cm³/mol. The number of carbonyl (C=O) groups is 1. The molecule has 0 radical (unpaired) electrons. The lowest BCUT2D eigenvalue weighted by molar-refractivity contribution is 0.0975. The van der Waals surface area contributed by atoms with Crippen LogP contribution in [0.1, 0.15) is 41.9 Å². The zero-order valence-corrected chi connectivity index (χ0v) is 9.28. The number of thiophene rings is 1. The van der Waals surface area contributed by atoms with Crippen molar-refractivity contribution in [2.75, 3.05) is 0 Å². The highest BCUT2D eigenvalue weighted by Crippen LogP contribution is 2.18. The minimum absolute atomic E-state index is 0.299. The topological polar surface area (TPSA) is 17.1 Å². The lowest BCUT2D eigenvalue weighted by atomic mass is 10.0. The Labute approximate surface area is 83.8 Å². The van der Waals surface area contributed by atoms with Crippen molar-refractivity contribution in [2.24, 2.45) is 5.92 Å². The molecule has 0 unspecified atom stereocenters. The van der Waals surface area contributed by atoms with Crippen LogP contribution in [0.4, 0.5) is 0 Å². The molecule has 0 fully saturated rings. The van der Waals surface area contributed by atoms with Gasteiger partial charge in [-0.15, -0.1) is 11.3 Å². The van der Waals surface area contributed by atoms with Crippen molar-refractivity contribution in [2.45, 2.75) is 33.6 Å². The summed E-state index contributed by atoms with van der Waals surface area (Å²) < 4.78 is 0. The molecular weight excluding hydrogens is 180 g/mol. The van der Waals surface area contributed by atoms with Gasteiger partial charge in [-0.1, -0.05) is 13.8 Å². The van der Waals surface area contributed by atoms with Crippen molar-refractivity contribution in [3.05, 3.63) is 21.9 Å². The first-order valence-corrected chi connectivity index (χ1v) is 5.56. The van der Waals surface area contributed by atoms with Crippen LogP contribution < -0.4 is 0 Å². The Morgan fingerprint density at radius 1 is 1.54 bits per heavy atom. The summed E-state index contributed by atoms with van der Waals surface area (Å²) in [5.41, 5.74) is 0.922. The Kier molecular flexibility index (Phi) is 3.67. The maximum Gasteiger partial charge on any atom is 0.163 e. The Bertz CT molecular complexity index is 286. The zero-order chi connectivity index (χ0) is 9.84. The van der Waals surface area contributed by atoms with Gasteiger partial charge in [0.15, 0.2) is 5.78 Å². The summed E-state index contributed by atoms with van der Waals surface area (Å²) in [6, 6.07) is 1.93. The Balaban J connectivity index is 2.54. The van der Waals surface area contributed by atoms with Crippen LogP contribution in [0.2, 0.25) is 0 Å². The van der Waals surface area contributed by atoms with E-state index < -0.39 is 0 Å². The molecule has 0 aliphatic heterocycles. The lowest BCUT2D eigenvalue weighted by Crippen LogP contribution is -2.01. The molecule has 72 valence electrons. The molecule has 0 aliphatic rings. The second-order valence-electron chi connectivity index (χ2n) is 3.75. The van der Waals surface area contributed by atoms with Gasteiger partial charge in [-0.2, -0.15) is 0 Å². The molecule has 0 aromatic carbocycles. The smallest absolute Gasteiger partial charge is 0.163 e. The van der Waals surface area contributed by atoms with Crippen molar-refractivity contribution in [3.8, 4) is 0 Å². The average molecular weight is 196 g/mol. The Hall–Kier alpha value is -0.630. The van der Waals surface area contributed by atoms with Gasteiger partial charge in [0.05, 0.1) is 0 Å². The van der Waals surface area contributed by atoms with E-state index in [1.54, 1.807) is 11.3 Å². The van der Waals surface area contributed by atoms with Gasteiger partial charge in [-0.3, -0.25) is 4.79 Å². The van der Waals surface area contributed by atoms with Crippen molar-refractivity contribution in [1.82, 2.24) is 0 Å². The fourth-order valence-electron chi connectivity index (χ4n) is 1.23. The summed E-state index contributed by atoms with van der Waals surface area (Å²) >= 11 is 1.65. The minimum Gasteiger partial charge on any atom is -0.294 e. The van der Waals surface area contributed by atoms with Gasteiger partial charge in [0.2, 0.25) is 0 Å². The molecule has 13 heavy (non-hydrogen) atoms. The molecule has 0 aliphatic carbocycles. The maximum atomic E-state index is 11.6. The Morgan fingerprint density at radius 2 is 2.23 bits per heavy atom. The van der Waals surface area contributed by atoms with Gasteiger partial charge in [0.1, 0.15) is 0 Å². The van der Waals surface area contributed by atoms with Crippen LogP contribution >= 0.6 is 11.3 Å². The molecule has 0 atom stereocenters. The lowest BCUT2D eigenvalue weighted by Gasteiger charge is -2.02. The molecule has 1 rings (SSSR count). The van der Waals surface area contributed by atoms with Gasteiger partial charge >= 0.3 is 0 Å². The number of Topliss-reactive ketones (excluding diaryl/α,β-unsaturated/α-hetero) is 1. The third-order valence-electron chi connectivity index (χ3n) is 2.11. The van der Waals surface area contributed by atoms with E-state index in [1.165, 1.54) is 0 Å². The summed E-state index contributed by atoms with van der Waals surface area (Å²) in [4.78, 5) is 12.8. The monoisotopic (exact) mass is 196 g/mol. The van der Waals surface area contributed by atoms with E-state index >= 15 is 0 Å². The SMILES string of the molecule is Cc1sccc1C(=O)CCC(C)C. The van der Waals surface area contributed by atoms with E-state index in [4.69, 9.17) is 0 Å². The van der Waals surface area contributed by atoms with Gasteiger partial charge < -0.3 is 0 Å². The van der Waals surface area contributed by atoms with Gasteiger partial charge in [0, 0.05) is 16.9 Å².